The summed E-state index contributed by atoms with van der Waals surface area (Å²) in [4.78, 5) is 29.1. The number of aromatic nitrogens is 1. The van der Waals surface area contributed by atoms with E-state index in [2.05, 4.69) is 5.16 Å². The second-order valence-electron chi connectivity index (χ2n) is 7.24. The highest BCUT2D eigenvalue weighted by Gasteiger charge is 2.33. The van der Waals surface area contributed by atoms with E-state index in [9.17, 15) is 9.59 Å². The van der Waals surface area contributed by atoms with Crippen LogP contribution >= 0.6 is 0 Å². The summed E-state index contributed by atoms with van der Waals surface area (Å²) >= 11 is 0. The van der Waals surface area contributed by atoms with E-state index in [1.54, 1.807) is 0 Å². The van der Waals surface area contributed by atoms with Gasteiger partial charge in [0, 0.05) is 44.1 Å². The third kappa shape index (κ3) is 2.82. The lowest BCUT2D eigenvalue weighted by atomic mass is 9.93. The molecule has 0 atom stereocenters. The molecule has 1 aliphatic carbocycles. The minimum atomic E-state index is -0.0195. The molecular weight excluding hydrogens is 306 g/mol. The van der Waals surface area contributed by atoms with Gasteiger partial charge in [0.25, 0.3) is 5.91 Å². The van der Waals surface area contributed by atoms with Crippen LogP contribution in [-0.4, -0.2) is 52.9 Å². The number of amides is 2. The molecule has 0 unspecified atom stereocenters. The number of hydrogen-bond acceptors (Lipinski definition) is 4. The van der Waals surface area contributed by atoms with Gasteiger partial charge in [-0.1, -0.05) is 5.16 Å². The molecule has 1 aromatic heterocycles. The molecule has 3 aliphatic rings. The van der Waals surface area contributed by atoms with E-state index in [0.717, 1.165) is 75.8 Å². The second kappa shape index (κ2) is 6.57. The van der Waals surface area contributed by atoms with Crippen LogP contribution in [0.15, 0.2) is 4.52 Å². The largest absolute Gasteiger partial charge is 0.360 e. The summed E-state index contributed by atoms with van der Waals surface area (Å²) in [5.41, 5.74) is 1.52. The summed E-state index contributed by atoms with van der Waals surface area (Å²) in [6.07, 6.45) is 7.77. The Morgan fingerprint density at radius 2 is 1.62 bits per heavy atom. The van der Waals surface area contributed by atoms with Gasteiger partial charge in [-0.25, -0.2) is 0 Å². The summed E-state index contributed by atoms with van der Waals surface area (Å²) < 4.78 is 5.37. The van der Waals surface area contributed by atoms with E-state index in [1.165, 1.54) is 0 Å². The Morgan fingerprint density at radius 3 is 2.38 bits per heavy atom. The molecule has 4 rings (SSSR count). The van der Waals surface area contributed by atoms with Gasteiger partial charge in [-0.05, 0) is 44.9 Å². The van der Waals surface area contributed by atoms with Crippen LogP contribution in [0.2, 0.25) is 0 Å². The summed E-state index contributed by atoms with van der Waals surface area (Å²) in [7, 11) is 0. The summed E-state index contributed by atoms with van der Waals surface area (Å²) in [5, 5.41) is 4.05. The number of rotatable bonds is 2. The number of aryl methyl sites for hydroxylation is 1. The highest BCUT2D eigenvalue weighted by Crippen LogP contribution is 2.27. The Kier molecular flexibility index (Phi) is 4.29. The molecule has 130 valence electrons. The van der Waals surface area contributed by atoms with Gasteiger partial charge in [-0.15, -0.1) is 0 Å². The fourth-order valence-corrected chi connectivity index (χ4v) is 4.23. The quantitative estimate of drug-likeness (QED) is 0.832. The molecule has 2 saturated heterocycles. The van der Waals surface area contributed by atoms with E-state index < -0.39 is 0 Å². The summed E-state index contributed by atoms with van der Waals surface area (Å²) in [5.74, 6) is 1.24. The van der Waals surface area contributed by atoms with Crippen molar-refractivity contribution >= 4 is 11.8 Å². The van der Waals surface area contributed by atoms with Gasteiger partial charge in [0.1, 0.15) is 5.76 Å². The second-order valence-corrected chi connectivity index (χ2v) is 7.24. The fraction of sp³-hybridized carbons (Fsp3) is 0.722. The molecular formula is C18H25N3O3. The molecule has 0 radical (unpaired) electrons. The van der Waals surface area contributed by atoms with Gasteiger partial charge in [0.05, 0.1) is 0 Å². The topological polar surface area (TPSA) is 66.7 Å². The van der Waals surface area contributed by atoms with Gasteiger partial charge in [-0.2, -0.15) is 0 Å². The average Bonchev–Trinajstić information content (AvgIpc) is 3.30. The van der Waals surface area contributed by atoms with Crippen LogP contribution in [0.25, 0.3) is 0 Å². The molecule has 0 saturated carbocycles. The molecule has 6 nitrogen and oxygen atoms in total. The fourth-order valence-electron chi connectivity index (χ4n) is 4.23. The minimum absolute atomic E-state index is 0.0195. The van der Waals surface area contributed by atoms with Crippen molar-refractivity contribution in [2.75, 3.05) is 26.2 Å². The molecule has 2 fully saturated rings. The summed E-state index contributed by atoms with van der Waals surface area (Å²) in [6, 6.07) is 0. The Hall–Kier alpha value is -1.85. The average molecular weight is 331 g/mol. The molecule has 0 spiro atoms. The zero-order valence-corrected chi connectivity index (χ0v) is 14.1. The molecule has 0 bridgehead atoms. The molecule has 0 aromatic carbocycles. The van der Waals surface area contributed by atoms with Crippen molar-refractivity contribution < 1.29 is 14.1 Å². The van der Waals surface area contributed by atoms with Crippen molar-refractivity contribution in [2.24, 2.45) is 5.92 Å². The van der Waals surface area contributed by atoms with E-state index >= 15 is 0 Å². The Morgan fingerprint density at radius 1 is 0.917 bits per heavy atom. The van der Waals surface area contributed by atoms with Crippen molar-refractivity contribution in [2.45, 2.75) is 51.4 Å². The molecule has 3 heterocycles. The third-order valence-corrected chi connectivity index (χ3v) is 5.70. The van der Waals surface area contributed by atoms with Gasteiger partial charge >= 0.3 is 0 Å². The van der Waals surface area contributed by atoms with Gasteiger partial charge in [0.2, 0.25) is 5.91 Å². The smallest absolute Gasteiger partial charge is 0.276 e. The number of carbonyl (C=O) groups is 2. The first-order valence-corrected chi connectivity index (χ1v) is 9.29. The first-order valence-electron chi connectivity index (χ1n) is 9.29. The van der Waals surface area contributed by atoms with Crippen LogP contribution in [0, 0.1) is 5.92 Å². The van der Waals surface area contributed by atoms with Gasteiger partial charge < -0.3 is 14.3 Å². The number of likely N-dealkylation sites (tertiary alicyclic amines) is 2. The van der Waals surface area contributed by atoms with E-state index in [-0.39, 0.29) is 11.8 Å². The minimum Gasteiger partial charge on any atom is -0.360 e. The highest BCUT2D eigenvalue weighted by atomic mass is 16.5. The monoisotopic (exact) mass is 331 g/mol. The maximum absolute atomic E-state index is 12.8. The molecule has 2 aliphatic heterocycles. The molecule has 2 amide bonds. The van der Waals surface area contributed by atoms with Gasteiger partial charge in [-0.3, -0.25) is 9.59 Å². The van der Waals surface area contributed by atoms with Crippen molar-refractivity contribution in [3.8, 4) is 0 Å². The number of nitrogens with zero attached hydrogens (tertiary/aromatic N) is 3. The molecule has 24 heavy (non-hydrogen) atoms. The number of hydrogen-bond donors (Lipinski definition) is 0. The predicted octanol–water partition coefficient (Wildman–Crippen LogP) is 2.03. The van der Waals surface area contributed by atoms with Crippen LogP contribution < -0.4 is 0 Å². The Balaban J connectivity index is 1.38. The van der Waals surface area contributed by atoms with Crippen molar-refractivity contribution in [3.05, 3.63) is 17.0 Å². The SMILES string of the molecule is O=C(c1noc2c1CCCC2)N1CCC(C(=O)N2CCCC2)CC1. The normalized spacial score (nSPS) is 21.8. The highest BCUT2D eigenvalue weighted by molar-refractivity contribution is 5.94. The lowest BCUT2D eigenvalue weighted by Crippen LogP contribution is -2.44. The van der Waals surface area contributed by atoms with Crippen LogP contribution in [0.3, 0.4) is 0 Å². The molecule has 6 heteroatoms. The standard InChI is InChI=1S/C18H25N3O3/c22-17(20-9-3-4-10-20)13-7-11-21(12-8-13)18(23)16-14-5-1-2-6-15(14)24-19-16/h13H,1-12H2. The van der Waals surface area contributed by atoms with Crippen LogP contribution in [0.1, 0.15) is 60.3 Å². The van der Waals surface area contributed by atoms with E-state index in [4.69, 9.17) is 4.52 Å². The lowest BCUT2D eigenvalue weighted by Gasteiger charge is -2.33. The number of piperidine rings is 1. The zero-order chi connectivity index (χ0) is 16.5. The number of carbonyl (C=O) groups excluding carboxylic acids is 2. The van der Waals surface area contributed by atoms with E-state index in [1.807, 2.05) is 9.80 Å². The maximum atomic E-state index is 12.8. The third-order valence-electron chi connectivity index (χ3n) is 5.70. The van der Waals surface area contributed by atoms with Crippen LogP contribution in [0.4, 0.5) is 0 Å². The first kappa shape index (κ1) is 15.7. The lowest BCUT2D eigenvalue weighted by molar-refractivity contribution is -0.135. The Bertz CT molecular complexity index is 625. The summed E-state index contributed by atoms with van der Waals surface area (Å²) in [6.45, 7) is 3.10. The Labute approximate surface area is 142 Å². The molecule has 1 aromatic rings. The van der Waals surface area contributed by atoms with Crippen LogP contribution in [-0.2, 0) is 17.6 Å². The molecule has 0 N–H and O–H groups in total. The maximum Gasteiger partial charge on any atom is 0.276 e. The van der Waals surface area contributed by atoms with Crippen molar-refractivity contribution in [1.29, 1.82) is 0 Å². The number of fused-ring (bicyclic) bond motifs is 1. The van der Waals surface area contributed by atoms with E-state index in [0.29, 0.717) is 24.7 Å². The predicted molar refractivity (Wildman–Crippen MR) is 87.6 cm³/mol. The van der Waals surface area contributed by atoms with Gasteiger partial charge in [0.15, 0.2) is 5.69 Å². The van der Waals surface area contributed by atoms with Crippen LogP contribution in [0.5, 0.6) is 0 Å². The van der Waals surface area contributed by atoms with Crippen molar-refractivity contribution in [3.63, 3.8) is 0 Å². The first-order chi connectivity index (χ1) is 11.7. The zero-order valence-electron chi connectivity index (χ0n) is 14.1. The van der Waals surface area contributed by atoms with Crippen molar-refractivity contribution in [1.82, 2.24) is 15.0 Å².